The maximum absolute atomic E-state index is 12.2. The molecule has 0 radical (unpaired) electrons. The van der Waals surface area contributed by atoms with Crippen LogP contribution in [-0.4, -0.2) is 45.4 Å². The number of nitrogens with zero attached hydrogens (tertiary/aromatic N) is 2. The number of pyridine rings is 1. The summed E-state index contributed by atoms with van der Waals surface area (Å²) in [5, 5.41) is 9.01. The van der Waals surface area contributed by atoms with Crippen molar-refractivity contribution in [2.45, 2.75) is 19.9 Å². The number of hydrogen-bond acceptors (Lipinski definition) is 4. The van der Waals surface area contributed by atoms with Crippen molar-refractivity contribution in [3.05, 3.63) is 29.6 Å². The summed E-state index contributed by atoms with van der Waals surface area (Å²) < 4.78 is 0. The summed E-state index contributed by atoms with van der Waals surface area (Å²) in [4.78, 5) is 39.2. The Labute approximate surface area is 110 Å². The van der Waals surface area contributed by atoms with Gasteiger partial charge >= 0.3 is 5.97 Å². The first kappa shape index (κ1) is 14.6. The van der Waals surface area contributed by atoms with Crippen molar-refractivity contribution in [2.75, 3.05) is 6.54 Å². The fourth-order valence-electron chi connectivity index (χ4n) is 1.54. The van der Waals surface area contributed by atoms with E-state index >= 15 is 0 Å². The lowest BCUT2D eigenvalue weighted by atomic mass is 10.1. The van der Waals surface area contributed by atoms with Gasteiger partial charge in [0.1, 0.15) is 5.69 Å². The summed E-state index contributed by atoms with van der Waals surface area (Å²) in [6.07, 6.45) is 1.32. The summed E-state index contributed by atoms with van der Waals surface area (Å²) in [6.45, 7) is 3.11. The van der Waals surface area contributed by atoms with Crippen LogP contribution < -0.4 is 5.73 Å². The van der Waals surface area contributed by atoms with E-state index in [1.54, 1.807) is 13.8 Å². The Morgan fingerprint density at radius 3 is 2.53 bits per heavy atom. The molecular weight excluding hydrogens is 250 g/mol. The van der Waals surface area contributed by atoms with Crippen molar-refractivity contribution in [3.8, 4) is 0 Å². The van der Waals surface area contributed by atoms with Gasteiger partial charge < -0.3 is 15.7 Å². The van der Waals surface area contributed by atoms with Gasteiger partial charge in [-0.2, -0.15) is 0 Å². The molecule has 1 heterocycles. The molecule has 0 saturated heterocycles. The lowest BCUT2D eigenvalue weighted by Gasteiger charge is -2.25. The first-order valence-corrected chi connectivity index (χ1v) is 5.62. The highest BCUT2D eigenvalue weighted by Crippen LogP contribution is 2.11. The third kappa shape index (κ3) is 3.51. The Kier molecular flexibility index (Phi) is 4.57. The van der Waals surface area contributed by atoms with Crippen LogP contribution in [0.2, 0.25) is 0 Å². The number of carbonyl (C=O) groups is 3. The van der Waals surface area contributed by atoms with Gasteiger partial charge in [0, 0.05) is 12.2 Å². The van der Waals surface area contributed by atoms with Crippen LogP contribution in [0.4, 0.5) is 0 Å². The molecule has 0 aliphatic carbocycles. The number of carboxylic acids is 1. The lowest BCUT2D eigenvalue weighted by Crippen LogP contribution is -2.43. The van der Waals surface area contributed by atoms with Crippen molar-refractivity contribution in [2.24, 2.45) is 5.73 Å². The van der Waals surface area contributed by atoms with E-state index < -0.39 is 17.8 Å². The van der Waals surface area contributed by atoms with E-state index in [-0.39, 0.29) is 23.8 Å². The monoisotopic (exact) mass is 265 g/mol. The van der Waals surface area contributed by atoms with Gasteiger partial charge in [0.05, 0.1) is 12.1 Å². The molecular formula is C12H15N3O4. The van der Waals surface area contributed by atoms with Crippen molar-refractivity contribution in [1.82, 2.24) is 9.88 Å². The van der Waals surface area contributed by atoms with Crippen molar-refractivity contribution < 1.29 is 19.5 Å². The number of amides is 2. The first-order valence-electron chi connectivity index (χ1n) is 5.62. The van der Waals surface area contributed by atoms with E-state index in [2.05, 4.69) is 4.98 Å². The Hall–Kier alpha value is -2.44. The molecule has 102 valence electrons. The smallest absolute Gasteiger partial charge is 0.338 e. The van der Waals surface area contributed by atoms with E-state index in [4.69, 9.17) is 10.8 Å². The lowest BCUT2D eigenvalue weighted by molar-refractivity contribution is -0.119. The molecule has 0 spiro atoms. The average Bonchev–Trinajstić information content (AvgIpc) is 2.34. The van der Waals surface area contributed by atoms with E-state index in [1.807, 2.05) is 0 Å². The van der Waals surface area contributed by atoms with Crippen LogP contribution in [0, 0.1) is 0 Å². The van der Waals surface area contributed by atoms with Gasteiger partial charge in [0.2, 0.25) is 5.91 Å². The molecule has 0 aliphatic rings. The van der Waals surface area contributed by atoms with Gasteiger partial charge in [-0.1, -0.05) is 0 Å². The van der Waals surface area contributed by atoms with E-state index in [9.17, 15) is 14.4 Å². The third-order valence-corrected chi connectivity index (χ3v) is 2.45. The maximum Gasteiger partial charge on any atom is 0.338 e. The molecule has 2 amide bonds. The molecule has 7 heteroatoms. The normalized spacial score (nSPS) is 10.3. The second-order valence-corrected chi connectivity index (χ2v) is 4.20. The number of carboxylic acid groups (broad SMARTS) is 1. The Morgan fingerprint density at radius 2 is 2.05 bits per heavy atom. The van der Waals surface area contributed by atoms with Crippen molar-refractivity contribution in [1.29, 1.82) is 0 Å². The summed E-state index contributed by atoms with van der Waals surface area (Å²) in [6, 6.07) is 2.41. The van der Waals surface area contributed by atoms with Gasteiger partial charge in [-0.15, -0.1) is 0 Å². The largest absolute Gasteiger partial charge is 0.478 e. The molecule has 1 aromatic rings. The van der Waals surface area contributed by atoms with Crippen LogP contribution in [0.15, 0.2) is 18.3 Å². The minimum Gasteiger partial charge on any atom is -0.478 e. The number of hydrogen-bond donors (Lipinski definition) is 2. The highest BCUT2D eigenvalue weighted by Gasteiger charge is 2.25. The molecule has 0 bridgehead atoms. The summed E-state index contributed by atoms with van der Waals surface area (Å²) in [7, 11) is 0. The topological polar surface area (TPSA) is 114 Å². The van der Waals surface area contributed by atoms with Gasteiger partial charge in [-0.05, 0) is 26.0 Å². The highest BCUT2D eigenvalue weighted by molar-refractivity contribution is 6.04. The zero-order valence-corrected chi connectivity index (χ0v) is 10.7. The van der Waals surface area contributed by atoms with Crippen LogP contribution in [0.5, 0.6) is 0 Å². The molecule has 0 fully saturated rings. The molecule has 1 rings (SSSR count). The first-order chi connectivity index (χ1) is 8.84. The average molecular weight is 265 g/mol. The van der Waals surface area contributed by atoms with Gasteiger partial charge in [0.15, 0.2) is 0 Å². The maximum atomic E-state index is 12.2. The summed E-state index contributed by atoms with van der Waals surface area (Å²) in [5.74, 6) is -2.55. The fourth-order valence-corrected chi connectivity index (χ4v) is 1.54. The van der Waals surface area contributed by atoms with E-state index in [0.717, 1.165) is 0 Å². The molecule has 1 aromatic heterocycles. The minimum absolute atomic E-state index is 0.204. The Morgan fingerprint density at radius 1 is 1.42 bits per heavy atom. The molecule has 0 saturated carbocycles. The van der Waals surface area contributed by atoms with Gasteiger partial charge in [-0.3, -0.25) is 14.6 Å². The van der Waals surface area contributed by atoms with Gasteiger partial charge in [-0.25, -0.2) is 4.79 Å². The third-order valence-electron chi connectivity index (χ3n) is 2.45. The van der Waals surface area contributed by atoms with Crippen LogP contribution in [0.25, 0.3) is 0 Å². The molecule has 0 aliphatic heterocycles. The summed E-state index contributed by atoms with van der Waals surface area (Å²) >= 11 is 0. The number of aromatic nitrogens is 1. The van der Waals surface area contributed by atoms with E-state index in [0.29, 0.717) is 0 Å². The molecule has 19 heavy (non-hydrogen) atoms. The zero-order valence-electron chi connectivity index (χ0n) is 10.7. The second-order valence-electron chi connectivity index (χ2n) is 4.20. The SMILES string of the molecule is CC(C)N(CC(N)=O)C(=O)c1ncccc1C(=O)O. The molecule has 7 nitrogen and oxygen atoms in total. The Bertz CT molecular complexity index is 513. The van der Waals surface area contributed by atoms with Crippen LogP contribution in [0.1, 0.15) is 34.7 Å². The van der Waals surface area contributed by atoms with Crippen LogP contribution >= 0.6 is 0 Å². The quantitative estimate of drug-likeness (QED) is 0.784. The molecule has 3 N–H and O–H groups in total. The van der Waals surface area contributed by atoms with Crippen molar-refractivity contribution in [3.63, 3.8) is 0 Å². The predicted octanol–water partition coefficient (Wildman–Crippen LogP) is 0.116. The number of primary amides is 1. The van der Waals surface area contributed by atoms with Crippen LogP contribution in [-0.2, 0) is 4.79 Å². The summed E-state index contributed by atoms with van der Waals surface area (Å²) in [5.41, 5.74) is 4.67. The number of nitrogens with two attached hydrogens (primary N) is 1. The second kappa shape index (κ2) is 5.94. The van der Waals surface area contributed by atoms with Crippen molar-refractivity contribution >= 4 is 17.8 Å². The Balaban J connectivity index is 3.16. The highest BCUT2D eigenvalue weighted by atomic mass is 16.4. The minimum atomic E-state index is -1.25. The fraction of sp³-hybridized carbons (Fsp3) is 0.333. The van der Waals surface area contributed by atoms with Gasteiger partial charge in [0.25, 0.3) is 5.91 Å². The predicted molar refractivity (Wildman–Crippen MR) is 66.6 cm³/mol. The van der Waals surface area contributed by atoms with E-state index in [1.165, 1.54) is 23.2 Å². The molecule has 0 aromatic carbocycles. The standard InChI is InChI=1S/C12H15N3O4/c1-7(2)15(6-9(13)16)11(17)10-8(12(18)19)4-3-5-14-10/h3-5,7H,6H2,1-2H3,(H2,13,16)(H,18,19). The molecule has 0 atom stereocenters. The number of aromatic carboxylic acids is 1. The molecule has 0 unspecified atom stereocenters. The van der Waals surface area contributed by atoms with Crippen LogP contribution in [0.3, 0.4) is 0 Å². The number of carbonyl (C=O) groups excluding carboxylic acids is 2. The zero-order chi connectivity index (χ0) is 14.6. The number of rotatable bonds is 5.